The third kappa shape index (κ3) is 8.97. The summed E-state index contributed by atoms with van der Waals surface area (Å²) in [6.45, 7) is 2.69. The molecule has 0 unspecified atom stereocenters. The minimum atomic E-state index is -0.620. The van der Waals surface area contributed by atoms with Gasteiger partial charge >= 0.3 is 11.7 Å². The van der Waals surface area contributed by atoms with E-state index in [1.54, 1.807) is 0 Å². The number of hydrogen-bond donors (Lipinski definition) is 0. The maximum Gasteiger partial charge on any atom is 0.397 e. The molecule has 0 atom stereocenters. The molecule has 1 heterocycles. The summed E-state index contributed by atoms with van der Waals surface area (Å²) in [6.07, 6.45) is 17.9. The molecule has 0 radical (unpaired) electrons. The minimum Gasteiger partial charge on any atom is -0.450 e. The average Bonchev–Trinajstić information content (AvgIpc) is 2.72. The first-order valence-corrected chi connectivity index (χ1v) is 11.4. The van der Waals surface area contributed by atoms with Crippen LogP contribution in [0, 0.1) is 5.82 Å². The summed E-state index contributed by atoms with van der Waals surface area (Å²) in [5, 5.41) is 0.133. The van der Waals surface area contributed by atoms with Gasteiger partial charge in [0.1, 0.15) is 11.3 Å². The quantitative estimate of drug-likeness (QED) is 0.277. The van der Waals surface area contributed by atoms with E-state index in [0.29, 0.717) is 6.61 Å². The van der Waals surface area contributed by atoms with Crippen LogP contribution in [-0.2, 0) is 0 Å². The van der Waals surface area contributed by atoms with Crippen molar-refractivity contribution in [2.45, 2.75) is 96.8 Å². The lowest BCUT2D eigenvalue weighted by atomic mass is 10.0. The fourth-order valence-corrected chi connectivity index (χ4v) is 3.56. The smallest absolute Gasteiger partial charge is 0.397 e. The highest BCUT2D eigenvalue weighted by Gasteiger charge is 2.10. The SMILES string of the molecule is CCCCCCCCCCCCCCCCOc1nc2c(F)cccc2c(=O)o1. The van der Waals surface area contributed by atoms with Gasteiger partial charge in [0.05, 0.1) is 12.0 Å². The number of nitrogens with zero attached hydrogens (tertiary/aromatic N) is 1. The Morgan fingerprint density at radius 2 is 1.41 bits per heavy atom. The predicted octanol–water partition coefficient (Wildman–Crippen LogP) is 7.19. The second kappa shape index (κ2) is 14.1. The first-order valence-electron chi connectivity index (χ1n) is 11.4. The number of aromatic nitrogens is 1. The number of unbranched alkanes of at least 4 members (excludes halogenated alkanes) is 13. The van der Waals surface area contributed by atoms with Gasteiger partial charge in [0.25, 0.3) is 0 Å². The first kappa shape index (κ1) is 23.4. The van der Waals surface area contributed by atoms with Crippen molar-refractivity contribution in [1.82, 2.24) is 4.98 Å². The second-order valence-electron chi connectivity index (χ2n) is 7.85. The number of benzene rings is 1. The summed E-state index contributed by atoms with van der Waals surface area (Å²) >= 11 is 0. The van der Waals surface area contributed by atoms with Gasteiger partial charge in [-0.2, -0.15) is 4.98 Å². The van der Waals surface area contributed by atoms with E-state index >= 15 is 0 Å². The summed E-state index contributed by atoms with van der Waals surface area (Å²) in [4.78, 5) is 15.8. The second-order valence-corrected chi connectivity index (χ2v) is 7.85. The molecule has 0 bridgehead atoms. The maximum absolute atomic E-state index is 13.8. The topological polar surface area (TPSA) is 52.3 Å². The van der Waals surface area contributed by atoms with Crippen molar-refractivity contribution in [3.63, 3.8) is 0 Å². The van der Waals surface area contributed by atoms with Crippen LogP contribution >= 0.6 is 0 Å². The van der Waals surface area contributed by atoms with E-state index in [4.69, 9.17) is 9.15 Å². The molecule has 0 aliphatic carbocycles. The standard InChI is InChI=1S/C24H36FNO3/c1-2-3-4-5-6-7-8-9-10-11-12-13-14-15-19-28-24-26-22-20(23(27)29-24)17-16-18-21(22)25/h16-18H,2-15,19H2,1H3. The molecule has 1 aromatic carbocycles. The Morgan fingerprint density at radius 1 is 0.862 bits per heavy atom. The number of hydrogen-bond acceptors (Lipinski definition) is 4. The molecule has 162 valence electrons. The fourth-order valence-electron chi connectivity index (χ4n) is 3.56. The Hall–Kier alpha value is -1.91. The largest absolute Gasteiger partial charge is 0.450 e. The molecule has 0 saturated heterocycles. The first-order chi connectivity index (χ1) is 14.2. The summed E-state index contributed by atoms with van der Waals surface area (Å²) in [5.74, 6) is -0.545. The average molecular weight is 406 g/mol. The minimum absolute atomic E-state index is 0.000269. The van der Waals surface area contributed by atoms with Crippen LogP contribution in [0.4, 0.5) is 4.39 Å². The van der Waals surface area contributed by atoms with E-state index in [-0.39, 0.29) is 17.0 Å². The van der Waals surface area contributed by atoms with Gasteiger partial charge in [-0.15, -0.1) is 0 Å². The van der Waals surface area contributed by atoms with Crippen LogP contribution in [0.1, 0.15) is 96.8 Å². The number of para-hydroxylation sites is 1. The summed E-state index contributed by atoms with van der Waals surface area (Å²) in [5.41, 5.74) is -0.620. The van der Waals surface area contributed by atoms with Gasteiger partial charge in [-0.25, -0.2) is 9.18 Å². The summed E-state index contributed by atoms with van der Waals surface area (Å²) < 4.78 is 24.2. The zero-order valence-electron chi connectivity index (χ0n) is 17.9. The third-order valence-corrected chi connectivity index (χ3v) is 5.31. The highest BCUT2D eigenvalue weighted by atomic mass is 19.1. The summed E-state index contributed by atoms with van der Waals surface area (Å²) in [7, 11) is 0. The Bertz CT molecular complexity index is 759. The lowest BCUT2D eigenvalue weighted by Crippen LogP contribution is -2.07. The molecule has 2 rings (SSSR count). The van der Waals surface area contributed by atoms with Gasteiger partial charge in [0, 0.05) is 0 Å². The normalized spacial score (nSPS) is 11.2. The molecule has 0 fully saturated rings. The molecule has 5 heteroatoms. The molecule has 0 N–H and O–H groups in total. The Balaban J connectivity index is 1.47. The third-order valence-electron chi connectivity index (χ3n) is 5.31. The fraction of sp³-hybridized carbons (Fsp3) is 0.667. The van der Waals surface area contributed by atoms with E-state index < -0.39 is 11.4 Å². The van der Waals surface area contributed by atoms with E-state index in [9.17, 15) is 9.18 Å². The molecular formula is C24H36FNO3. The lowest BCUT2D eigenvalue weighted by molar-refractivity contribution is 0.211. The molecule has 2 aromatic rings. The highest BCUT2D eigenvalue weighted by molar-refractivity contribution is 5.77. The number of halogens is 1. The van der Waals surface area contributed by atoms with Gasteiger partial charge in [-0.1, -0.05) is 96.5 Å². The van der Waals surface area contributed by atoms with Crippen molar-refractivity contribution < 1.29 is 13.5 Å². The van der Waals surface area contributed by atoms with Crippen LogP contribution in [0.5, 0.6) is 6.08 Å². The summed E-state index contributed by atoms with van der Waals surface area (Å²) in [6, 6.07) is 4.23. The molecule has 0 spiro atoms. The molecular weight excluding hydrogens is 369 g/mol. The predicted molar refractivity (Wildman–Crippen MR) is 116 cm³/mol. The maximum atomic E-state index is 13.8. The lowest BCUT2D eigenvalue weighted by Gasteiger charge is -2.05. The molecule has 0 aliphatic heterocycles. The Labute approximate surface area is 173 Å². The zero-order valence-corrected chi connectivity index (χ0v) is 17.9. The molecule has 0 aliphatic rings. The number of ether oxygens (including phenoxy) is 1. The Morgan fingerprint density at radius 3 is 2.00 bits per heavy atom. The van der Waals surface area contributed by atoms with E-state index in [0.717, 1.165) is 12.8 Å². The van der Waals surface area contributed by atoms with Crippen LogP contribution in [0.3, 0.4) is 0 Å². The van der Waals surface area contributed by atoms with Crippen molar-refractivity contribution >= 4 is 10.9 Å². The van der Waals surface area contributed by atoms with Crippen molar-refractivity contribution in [3.8, 4) is 6.08 Å². The Kier molecular flexibility index (Phi) is 11.4. The van der Waals surface area contributed by atoms with Crippen LogP contribution in [0.25, 0.3) is 10.9 Å². The molecule has 1 aromatic heterocycles. The highest BCUT2D eigenvalue weighted by Crippen LogP contribution is 2.16. The van der Waals surface area contributed by atoms with E-state index in [1.807, 2.05) is 0 Å². The van der Waals surface area contributed by atoms with Crippen molar-refractivity contribution in [2.75, 3.05) is 6.61 Å². The van der Waals surface area contributed by atoms with Gasteiger partial charge < -0.3 is 9.15 Å². The van der Waals surface area contributed by atoms with Gasteiger partial charge in [-0.3, -0.25) is 0 Å². The van der Waals surface area contributed by atoms with Crippen LogP contribution in [0.2, 0.25) is 0 Å². The van der Waals surface area contributed by atoms with Crippen molar-refractivity contribution in [2.24, 2.45) is 0 Å². The van der Waals surface area contributed by atoms with Gasteiger partial charge in [0.15, 0.2) is 0 Å². The van der Waals surface area contributed by atoms with Crippen LogP contribution < -0.4 is 10.4 Å². The van der Waals surface area contributed by atoms with Crippen molar-refractivity contribution in [3.05, 3.63) is 34.4 Å². The van der Waals surface area contributed by atoms with Gasteiger partial charge in [-0.05, 0) is 18.6 Å². The van der Waals surface area contributed by atoms with Crippen LogP contribution in [-0.4, -0.2) is 11.6 Å². The molecule has 4 nitrogen and oxygen atoms in total. The van der Waals surface area contributed by atoms with E-state index in [2.05, 4.69) is 11.9 Å². The monoisotopic (exact) mass is 405 g/mol. The zero-order chi connectivity index (χ0) is 20.7. The van der Waals surface area contributed by atoms with Gasteiger partial charge in [0.2, 0.25) is 0 Å². The molecule has 0 saturated carbocycles. The molecule has 0 amide bonds. The van der Waals surface area contributed by atoms with Crippen LogP contribution in [0.15, 0.2) is 27.4 Å². The number of fused-ring (bicyclic) bond motifs is 1. The number of rotatable bonds is 16. The van der Waals surface area contributed by atoms with Crippen molar-refractivity contribution in [1.29, 1.82) is 0 Å². The van der Waals surface area contributed by atoms with E-state index in [1.165, 1.54) is 95.2 Å². The molecule has 29 heavy (non-hydrogen) atoms.